The summed E-state index contributed by atoms with van der Waals surface area (Å²) < 4.78 is 21.3. The molecule has 0 aliphatic carbocycles. The number of rotatable bonds is 5. The van der Waals surface area contributed by atoms with Crippen molar-refractivity contribution in [3.8, 4) is 0 Å². The number of furan rings is 1. The van der Waals surface area contributed by atoms with Crippen LogP contribution in [0.5, 0.6) is 0 Å². The summed E-state index contributed by atoms with van der Waals surface area (Å²) in [5, 5.41) is 12.1. The Hall–Kier alpha value is -2.65. The van der Waals surface area contributed by atoms with E-state index in [1.54, 1.807) is 18.5 Å². The van der Waals surface area contributed by atoms with E-state index in [1.807, 2.05) is 28.6 Å². The van der Waals surface area contributed by atoms with E-state index in [0.717, 1.165) is 10.9 Å². The third-order valence-corrected chi connectivity index (χ3v) is 5.31. The number of aromatic nitrogens is 3. The number of hydrogen-bond donors (Lipinski definition) is 1. The number of aryl methyl sites for hydroxylation is 1. The fourth-order valence-corrected chi connectivity index (χ4v) is 3.82. The third kappa shape index (κ3) is 3.88. The molecule has 2 aromatic heterocycles. The third-order valence-electron chi connectivity index (χ3n) is 4.33. The predicted molar refractivity (Wildman–Crippen MR) is 96.4 cm³/mol. The van der Waals surface area contributed by atoms with Crippen molar-refractivity contribution in [2.45, 2.75) is 22.8 Å². The molecule has 7 nitrogen and oxygen atoms in total. The molecule has 1 aromatic carbocycles. The average Bonchev–Trinajstić information content (AvgIpc) is 3.25. The number of piperazine rings is 1. The van der Waals surface area contributed by atoms with E-state index in [4.69, 9.17) is 4.42 Å². The number of amides is 1. The Kier molecular flexibility index (Phi) is 4.95. The monoisotopic (exact) mass is 387 g/mol. The lowest BCUT2D eigenvalue weighted by molar-refractivity contribution is -0.129. The zero-order valence-electron chi connectivity index (χ0n) is 14.6. The van der Waals surface area contributed by atoms with E-state index < -0.39 is 6.04 Å². The quantitative estimate of drug-likeness (QED) is 0.724. The molecule has 9 heteroatoms. The molecule has 140 valence electrons. The highest BCUT2D eigenvalue weighted by atomic mass is 32.2. The first-order valence-electron chi connectivity index (χ1n) is 8.48. The summed E-state index contributed by atoms with van der Waals surface area (Å²) in [5.74, 6) is 0.244. The van der Waals surface area contributed by atoms with Gasteiger partial charge in [0.1, 0.15) is 23.9 Å². The summed E-state index contributed by atoms with van der Waals surface area (Å²) in [7, 11) is 1.86. The summed E-state index contributed by atoms with van der Waals surface area (Å²) >= 11 is 1.38. The van der Waals surface area contributed by atoms with Crippen molar-refractivity contribution in [3.63, 3.8) is 0 Å². The fourth-order valence-electron chi connectivity index (χ4n) is 3.08. The minimum atomic E-state index is -0.547. The molecule has 1 aliphatic heterocycles. The highest BCUT2D eigenvalue weighted by molar-refractivity contribution is 7.99. The molecule has 0 saturated carbocycles. The number of nitrogens with one attached hydrogen (secondary N) is 1. The molecule has 1 fully saturated rings. The van der Waals surface area contributed by atoms with Gasteiger partial charge in [0.2, 0.25) is 5.91 Å². The van der Waals surface area contributed by atoms with Crippen molar-refractivity contribution in [1.29, 1.82) is 0 Å². The van der Waals surface area contributed by atoms with E-state index in [-0.39, 0.29) is 11.7 Å². The van der Waals surface area contributed by atoms with E-state index in [2.05, 4.69) is 15.5 Å². The van der Waals surface area contributed by atoms with Gasteiger partial charge in [-0.1, -0.05) is 12.1 Å². The highest BCUT2D eigenvalue weighted by Gasteiger charge is 2.32. The van der Waals surface area contributed by atoms with Gasteiger partial charge in [-0.2, -0.15) is 0 Å². The molecule has 4 rings (SSSR count). The maximum absolute atomic E-state index is 13.6. The van der Waals surface area contributed by atoms with Crippen molar-refractivity contribution in [2.24, 2.45) is 7.05 Å². The highest BCUT2D eigenvalue weighted by Crippen LogP contribution is 2.30. The molecule has 1 atom stereocenters. The smallest absolute Gasteiger partial charge is 0.242 e. The van der Waals surface area contributed by atoms with Crippen molar-refractivity contribution in [2.75, 3.05) is 13.1 Å². The first-order chi connectivity index (χ1) is 13.1. The van der Waals surface area contributed by atoms with Crippen molar-refractivity contribution in [3.05, 3.63) is 59.9 Å². The number of carbonyl (C=O) groups is 1. The minimum absolute atomic E-state index is 0.132. The SMILES string of the molecule is Cn1cnnc1Sc1ccc(CN2CCNC(=O)[C@H]2c2cccc(F)c2)o1. The molecule has 0 unspecified atom stereocenters. The molecular formula is C18H18FN5O2S. The Labute approximate surface area is 159 Å². The molecule has 1 aliphatic rings. The average molecular weight is 387 g/mol. The molecule has 3 aromatic rings. The zero-order chi connectivity index (χ0) is 18.8. The van der Waals surface area contributed by atoms with Crippen LogP contribution in [0.25, 0.3) is 0 Å². The number of hydrogen-bond acceptors (Lipinski definition) is 6. The Balaban J connectivity index is 1.52. The number of carbonyl (C=O) groups excluding carboxylic acids is 1. The summed E-state index contributed by atoms with van der Waals surface area (Å²) in [6.45, 7) is 1.65. The van der Waals surface area contributed by atoms with Gasteiger partial charge in [-0.15, -0.1) is 10.2 Å². The summed E-state index contributed by atoms with van der Waals surface area (Å²) in [6, 6.07) is 9.37. The second-order valence-corrected chi connectivity index (χ2v) is 7.24. The van der Waals surface area contributed by atoms with Crippen LogP contribution < -0.4 is 5.32 Å². The van der Waals surface area contributed by atoms with Crippen molar-refractivity contribution >= 4 is 17.7 Å². The maximum atomic E-state index is 13.6. The number of benzene rings is 1. The molecule has 3 heterocycles. The van der Waals surface area contributed by atoms with Crippen LogP contribution >= 0.6 is 11.8 Å². The molecule has 0 radical (unpaired) electrons. The maximum Gasteiger partial charge on any atom is 0.242 e. The molecule has 0 bridgehead atoms. The second kappa shape index (κ2) is 7.53. The molecule has 1 N–H and O–H groups in total. The van der Waals surface area contributed by atoms with E-state index in [0.29, 0.717) is 30.3 Å². The first-order valence-corrected chi connectivity index (χ1v) is 9.29. The normalized spacial score (nSPS) is 17.9. The fraction of sp³-hybridized carbons (Fsp3) is 0.278. The lowest BCUT2D eigenvalue weighted by atomic mass is 10.0. The molecule has 1 amide bonds. The Morgan fingerprint density at radius 2 is 2.26 bits per heavy atom. The van der Waals surface area contributed by atoms with Gasteiger partial charge in [-0.25, -0.2) is 4.39 Å². The standard InChI is InChI=1S/C18H18FN5O2S/c1-23-11-21-22-18(23)27-15-6-5-14(26-15)10-24-8-7-20-17(25)16(24)12-3-2-4-13(19)9-12/h2-6,9,11,16H,7-8,10H2,1H3,(H,20,25)/t16-/m1/s1. The van der Waals surface area contributed by atoms with Crippen LogP contribution in [0.1, 0.15) is 17.4 Å². The molecule has 1 saturated heterocycles. The minimum Gasteiger partial charge on any atom is -0.453 e. The van der Waals surface area contributed by atoms with Crippen molar-refractivity contribution < 1.29 is 13.6 Å². The van der Waals surface area contributed by atoms with Gasteiger partial charge >= 0.3 is 0 Å². The topological polar surface area (TPSA) is 76.2 Å². The van der Waals surface area contributed by atoms with Crippen LogP contribution in [0, 0.1) is 5.82 Å². The Bertz CT molecular complexity index is 957. The van der Waals surface area contributed by atoms with Gasteiger partial charge in [-0.3, -0.25) is 9.69 Å². The van der Waals surface area contributed by atoms with Gasteiger partial charge in [-0.05, 0) is 41.6 Å². The molecular weight excluding hydrogens is 369 g/mol. The largest absolute Gasteiger partial charge is 0.453 e. The van der Waals surface area contributed by atoms with Crippen LogP contribution in [0.15, 0.2) is 57.4 Å². The Morgan fingerprint density at radius 1 is 1.37 bits per heavy atom. The van der Waals surface area contributed by atoms with Crippen LogP contribution in [0.4, 0.5) is 4.39 Å². The van der Waals surface area contributed by atoms with Crippen LogP contribution in [0.2, 0.25) is 0 Å². The summed E-state index contributed by atoms with van der Waals surface area (Å²) in [4.78, 5) is 14.4. The van der Waals surface area contributed by atoms with E-state index in [9.17, 15) is 9.18 Å². The van der Waals surface area contributed by atoms with Gasteiger partial charge in [0.15, 0.2) is 10.2 Å². The lowest BCUT2D eigenvalue weighted by Gasteiger charge is -2.34. The lowest BCUT2D eigenvalue weighted by Crippen LogP contribution is -2.49. The van der Waals surface area contributed by atoms with Gasteiger partial charge < -0.3 is 14.3 Å². The molecule has 27 heavy (non-hydrogen) atoms. The number of nitrogens with zero attached hydrogens (tertiary/aromatic N) is 4. The second-order valence-electron chi connectivity index (χ2n) is 6.27. The first kappa shape index (κ1) is 17.7. The van der Waals surface area contributed by atoms with Crippen LogP contribution in [0.3, 0.4) is 0 Å². The van der Waals surface area contributed by atoms with Crippen molar-refractivity contribution in [1.82, 2.24) is 25.0 Å². The number of halogens is 1. The van der Waals surface area contributed by atoms with Crippen LogP contribution in [-0.2, 0) is 18.4 Å². The van der Waals surface area contributed by atoms with Gasteiger partial charge in [0.05, 0.1) is 6.54 Å². The van der Waals surface area contributed by atoms with Gasteiger partial charge in [0, 0.05) is 20.1 Å². The van der Waals surface area contributed by atoms with Gasteiger partial charge in [0.25, 0.3) is 0 Å². The summed E-state index contributed by atoms with van der Waals surface area (Å²) in [6.07, 6.45) is 1.63. The van der Waals surface area contributed by atoms with Crippen LogP contribution in [-0.4, -0.2) is 38.7 Å². The predicted octanol–water partition coefficient (Wildman–Crippen LogP) is 2.37. The zero-order valence-corrected chi connectivity index (χ0v) is 15.4. The van der Waals surface area contributed by atoms with E-state index >= 15 is 0 Å². The Morgan fingerprint density at radius 3 is 3.04 bits per heavy atom. The van der Waals surface area contributed by atoms with E-state index in [1.165, 1.54) is 23.9 Å². The molecule has 0 spiro atoms. The summed E-state index contributed by atoms with van der Waals surface area (Å²) in [5.41, 5.74) is 0.632.